The van der Waals surface area contributed by atoms with Gasteiger partial charge in [-0.2, -0.15) is 0 Å². The summed E-state index contributed by atoms with van der Waals surface area (Å²) in [6, 6.07) is 0. The monoisotopic (exact) mass is 222 g/mol. The third-order valence-corrected chi connectivity index (χ3v) is 1.62. The van der Waals surface area contributed by atoms with Crippen LogP contribution in [0.5, 0.6) is 0 Å². The van der Waals surface area contributed by atoms with Crippen LogP contribution in [0.2, 0.25) is 0 Å². The highest BCUT2D eigenvalue weighted by Gasteiger charge is 2.32. The summed E-state index contributed by atoms with van der Waals surface area (Å²) in [5.74, 6) is -3.16. The fraction of sp³-hybridized carbons (Fsp3) is 0.714. The topological polar surface area (TPSA) is 137 Å². The Balaban J connectivity index is 0. The maximum atomic E-state index is 10.5. The molecule has 0 fully saturated rings. The molecule has 0 aromatic carbocycles. The van der Waals surface area contributed by atoms with Gasteiger partial charge >= 0.3 is 11.9 Å². The number of nitrogens with two attached hydrogens (primary N) is 1. The van der Waals surface area contributed by atoms with Crippen LogP contribution in [0.3, 0.4) is 0 Å². The molecule has 0 unspecified atom stereocenters. The van der Waals surface area contributed by atoms with E-state index in [1.807, 2.05) is 0 Å². The van der Waals surface area contributed by atoms with Gasteiger partial charge in [-0.05, 0) is 21.1 Å². The summed E-state index contributed by atoms with van der Waals surface area (Å²) >= 11 is 0. The molecular weight excluding hydrogens is 204 g/mol. The number of hydrogen-bond donors (Lipinski definition) is 6. The average Bonchev–Trinajstić information content (AvgIpc) is 2.21. The van der Waals surface area contributed by atoms with Gasteiger partial charge in [0, 0.05) is 0 Å². The van der Waals surface area contributed by atoms with Crippen LogP contribution >= 0.6 is 0 Å². The Kier molecular flexibility index (Phi) is 8.78. The molecule has 15 heavy (non-hydrogen) atoms. The first-order chi connectivity index (χ1) is 6.90. The Hall–Kier alpha value is -1.22. The van der Waals surface area contributed by atoms with Crippen LogP contribution in [-0.4, -0.2) is 55.6 Å². The normalized spacial score (nSPS) is 10.1. The summed E-state index contributed by atoms with van der Waals surface area (Å²) in [4.78, 5) is 19.8. The summed E-state index contributed by atoms with van der Waals surface area (Å²) < 4.78 is 0. The molecule has 0 amide bonds. The smallest absolute Gasteiger partial charge is 0.354 e. The predicted octanol–water partition coefficient (Wildman–Crippen LogP) is -2.59. The zero-order valence-corrected chi connectivity index (χ0v) is 9.00. The van der Waals surface area contributed by atoms with Crippen LogP contribution in [0.25, 0.3) is 0 Å². The number of likely N-dealkylation sites (N-methyl/N-ethyl adjacent to an activating group) is 3. The zero-order chi connectivity index (χ0) is 12.5. The van der Waals surface area contributed by atoms with E-state index in [9.17, 15) is 9.59 Å². The van der Waals surface area contributed by atoms with Crippen molar-refractivity contribution in [1.29, 1.82) is 0 Å². The highest BCUT2D eigenvalue weighted by molar-refractivity contribution is 5.77. The van der Waals surface area contributed by atoms with E-state index in [1.165, 1.54) is 0 Å². The Morgan fingerprint density at radius 1 is 1.13 bits per heavy atom. The summed E-state index contributed by atoms with van der Waals surface area (Å²) in [5.41, 5.74) is 4.57. The molecule has 0 spiro atoms. The van der Waals surface area contributed by atoms with Gasteiger partial charge in [-0.1, -0.05) is 0 Å². The first-order valence-electron chi connectivity index (χ1n) is 4.12. The molecule has 90 valence electrons. The van der Waals surface area contributed by atoms with E-state index >= 15 is 0 Å². The second-order valence-electron chi connectivity index (χ2n) is 2.40. The van der Waals surface area contributed by atoms with Crippen molar-refractivity contribution in [2.24, 2.45) is 5.73 Å². The molecule has 0 radical (unpaired) electrons. The molecule has 0 atom stereocenters. The fourth-order valence-electron chi connectivity index (χ4n) is 0.696. The number of nitrogens with one attached hydrogen (secondary N) is 3. The van der Waals surface area contributed by atoms with Gasteiger partial charge in [-0.15, -0.1) is 0 Å². The second-order valence-corrected chi connectivity index (χ2v) is 2.40. The Morgan fingerprint density at radius 2 is 1.40 bits per heavy atom. The molecule has 0 aliphatic carbocycles. The van der Waals surface area contributed by atoms with Gasteiger partial charge in [0.2, 0.25) is 5.79 Å². The highest BCUT2D eigenvalue weighted by Crippen LogP contribution is 1.90. The maximum Gasteiger partial charge on any atom is 0.354 e. The zero-order valence-electron chi connectivity index (χ0n) is 9.00. The minimum absolute atomic E-state index is 0.278. The van der Waals surface area contributed by atoms with Gasteiger partial charge in [0.05, 0.1) is 6.54 Å². The molecule has 0 heterocycles. The van der Waals surface area contributed by atoms with Crippen molar-refractivity contribution in [2.75, 3.05) is 27.7 Å². The molecule has 0 rings (SSSR count). The summed E-state index contributed by atoms with van der Waals surface area (Å²) in [6.45, 7) is -0.278. The Morgan fingerprint density at radius 3 is 1.40 bits per heavy atom. The lowest BCUT2D eigenvalue weighted by Crippen LogP contribution is -2.68. The van der Waals surface area contributed by atoms with Gasteiger partial charge in [-0.3, -0.25) is 20.7 Å². The summed E-state index contributed by atoms with van der Waals surface area (Å²) in [5, 5.41) is 24.0. The van der Waals surface area contributed by atoms with Gasteiger partial charge < -0.3 is 15.9 Å². The minimum atomic E-state index is -1.21. The molecule has 0 aliphatic heterocycles. The van der Waals surface area contributed by atoms with Crippen molar-refractivity contribution < 1.29 is 19.8 Å². The van der Waals surface area contributed by atoms with Crippen LogP contribution in [-0.2, 0) is 9.59 Å². The van der Waals surface area contributed by atoms with Crippen molar-refractivity contribution in [3.05, 3.63) is 0 Å². The largest absolute Gasteiger partial charge is 0.480 e. The van der Waals surface area contributed by atoms with Gasteiger partial charge in [0.15, 0.2) is 0 Å². The lowest BCUT2D eigenvalue weighted by Gasteiger charge is -2.27. The SMILES string of the molecule is CNC(NC)(NC)C(=O)O.NCC(=O)O. The van der Waals surface area contributed by atoms with E-state index in [1.54, 1.807) is 21.1 Å². The Bertz CT molecular complexity index is 197. The molecule has 0 bridgehead atoms. The molecule has 0 aliphatic rings. The van der Waals surface area contributed by atoms with Crippen LogP contribution in [0.1, 0.15) is 0 Å². The highest BCUT2D eigenvalue weighted by atomic mass is 16.4. The van der Waals surface area contributed by atoms with E-state index in [4.69, 9.17) is 10.2 Å². The van der Waals surface area contributed by atoms with Crippen molar-refractivity contribution in [2.45, 2.75) is 5.79 Å². The van der Waals surface area contributed by atoms with Crippen molar-refractivity contribution in [1.82, 2.24) is 16.0 Å². The third-order valence-electron chi connectivity index (χ3n) is 1.62. The van der Waals surface area contributed by atoms with E-state index in [0.29, 0.717) is 0 Å². The van der Waals surface area contributed by atoms with Crippen molar-refractivity contribution in [3.8, 4) is 0 Å². The van der Waals surface area contributed by atoms with Crippen molar-refractivity contribution >= 4 is 11.9 Å². The molecule has 8 nitrogen and oxygen atoms in total. The summed E-state index contributed by atoms with van der Waals surface area (Å²) in [6.07, 6.45) is 0. The van der Waals surface area contributed by atoms with E-state index in [0.717, 1.165) is 0 Å². The lowest BCUT2D eigenvalue weighted by molar-refractivity contribution is -0.147. The third kappa shape index (κ3) is 5.96. The van der Waals surface area contributed by atoms with E-state index in [-0.39, 0.29) is 6.54 Å². The minimum Gasteiger partial charge on any atom is -0.480 e. The molecular formula is C7H18N4O4. The standard InChI is InChI=1S/C5H13N3O2.C2H5NO2/c1-6-5(7-2,8-3)4(9)10;3-1-2(4)5/h6-8H,1-3H3,(H,9,10);1,3H2,(H,4,5). The van der Waals surface area contributed by atoms with Crippen LogP contribution in [0, 0.1) is 0 Å². The quantitative estimate of drug-likeness (QED) is 0.279. The number of aliphatic carboxylic acids is 2. The Labute approximate surface area is 87.8 Å². The van der Waals surface area contributed by atoms with Gasteiger partial charge in [-0.25, -0.2) is 4.79 Å². The van der Waals surface area contributed by atoms with Gasteiger partial charge in [0.25, 0.3) is 0 Å². The number of carboxylic acids is 2. The second kappa shape index (κ2) is 8.12. The molecule has 0 saturated carbocycles. The lowest BCUT2D eigenvalue weighted by atomic mass is 10.3. The molecule has 0 aromatic rings. The van der Waals surface area contributed by atoms with Crippen molar-refractivity contribution in [3.63, 3.8) is 0 Å². The predicted molar refractivity (Wildman–Crippen MR) is 54.2 cm³/mol. The number of carbonyl (C=O) groups is 2. The van der Waals surface area contributed by atoms with Gasteiger partial charge in [0.1, 0.15) is 0 Å². The van der Waals surface area contributed by atoms with Crippen LogP contribution < -0.4 is 21.7 Å². The molecule has 0 aromatic heterocycles. The first-order valence-corrected chi connectivity index (χ1v) is 4.12. The molecule has 0 saturated heterocycles. The number of hydrogen-bond acceptors (Lipinski definition) is 6. The van der Waals surface area contributed by atoms with E-state index < -0.39 is 17.7 Å². The molecule has 8 heteroatoms. The van der Waals surface area contributed by atoms with E-state index in [2.05, 4.69) is 21.7 Å². The van der Waals surface area contributed by atoms with Crippen LogP contribution in [0.15, 0.2) is 0 Å². The maximum absolute atomic E-state index is 10.5. The average molecular weight is 222 g/mol. The molecule has 7 N–H and O–H groups in total. The fourth-order valence-corrected chi connectivity index (χ4v) is 0.696. The number of carboxylic acid groups (broad SMARTS) is 2. The van der Waals surface area contributed by atoms with Crippen LogP contribution in [0.4, 0.5) is 0 Å². The summed E-state index contributed by atoms with van der Waals surface area (Å²) in [7, 11) is 4.67. The number of rotatable bonds is 5. The first kappa shape index (κ1) is 16.2.